The SMILES string of the molecule is CC.CNc1ccc(C)cc1S(=O)(=O)O. The highest BCUT2D eigenvalue weighted by Gasteiger charge is 2.14. The van der Waals surface area contributed by atoms with Gasteiger partial charge in [-0.25, -0.2) is 0 Å². The van der Waals surface area contributed by atoms with Gasteiger partial charge in [-0.15, -0.1) is 0 Å². The van der Waals surface area contributed by atoms with E-state index in [1.807, 2.05) is 13.8 Å². The maximum absolute atomic E-state index is 10.9. The summed E-state index contributed by atoms with van der Waals surface area (Å²) in [5.74, 6) is 0. The Hall–Kier alpha value is -1.07. The molecule has 1 aromatic carbocycles. The van der Waals surface area contributed by atoms with Crippen LogP contribution in [0.15, 0.2) is 23.1 Å². The summed E-state index contributed by atoms with van der Waals surface area (Å²) in [5, 5.41) is 2.69. The van der Waals surface area contributed by atoms with Gasteiger partial charge in [0.25, 0.3) is 10.1 Å². The van der Waals surface area contributed by atoms with Crippen LogP contribution in [-0.2, 0) is 10.1 Å². The molecule has 2 N–H and O–H groups in total. The minimum Gasteiger partial charge on any atom is -0.387 e. The van der Waals surface area contributed by atoms with Gasteiger partial charge >= 0.3 is 0 Å². The third-order valence-corrected chi connectivity index (χ3v) is 2.58. The summed E-state index contributed by atoms with van der Waals surface area (Å²) in [5.41, 5.74) is 1.18. The second-order valence-corrected chi connectivity index (χ2v) is 4.11. The maximum atomic E-state index is 10.9. The van der Waals surface area contributed by atoms with E-state index in [0.29, 0.717) is 5.69 Å². The van der Waals surface area contributed by atoms with Crippen molar-refractivity contribution in [3.05, 3.63) is 23.8 Å². The Labute approximate surface area is 91.1 Å². The predicted octanol–water partition coefficient (Wildman–Crippen LogP) is 2.31. The van der Waals surface area contributed by atoms with Crippen molar-refractivity contribution in [3.8, 4) is 0 Å². The van der Waals surface area contributed by atoms with Crippen LogP contribution in [0.2, 0.25) is 0 Å². The fraction of sp³-hybridized carbons (Fsp3) is 0.400. The van der Waals surface area contributed by atoms with E-state index in [4.69, 9.17) is 4.55 Å². The normalized spacial score (nSPS) is 10.2. The summed E-state index contributed by atoms with van der Waals surface area (Å²) in [6, 6.07) is 4.79. The van der Waals surface area contributed by atoms with Gasteiger partial charge in [0.2, 0.25) is 0 Å². The molecule has 0 aliphatic rings. The van der Waals surface area contributed by atoms with Gasteiger partial charge < -0.3 is 5.32 Å². The zero-order valence-corrected chi connectivity index (χ0v) is 10.2. The van der Waals surface area contributed by atoms with Gasteiger partial charge in [-0.2, -0.15) is 8.42 Å². The Kier molecular flexibility index (Phi) is 5.32. The fourth-order valence-electron chi connectivity index (χ4n) is 1.05. The van der Waals surface area contributed by atoms with E-state index in [2.05, 4.69) is 5.32 Å². The van der Waals surface area contributed by atoms with Crippen LogP contribution >= 0.6 is 0 Å². The lowest BCUT2D eigenvalue weighted by Crippen LogP contribution is -2.03. The lowest BCUT2D eigenvalue weighted by molar-refractivity contribution is 0.483. The molecule has 0 amide bonds. The van der Waals surface area contributed by atoms with Gasteiger partial charge in [-0.1, -0.05) is 19.9 Å². The lowest BCUT2D eigenvalue weighted by Gasteiger charge is -2.06. The molecule has 0 aromatic heterocycles. The predicted molar refractivity (Wildman–Crippen MR) is 61.9 cm³/mol. The summed E-state index contributed by atoms with van der Waals surface area (Å²) in [4.78, 5) is -0.0880. The van der Waals surface area contributed by atoms with Crippen molar-refractivity contribution < 1.29 is 13.0 Å². The number of hydrogen-bond acceptors (Lipinski definition) is 3. The molecule has 0 aliphatic heterocycles. The second-order valence-electron chi connectivity index (χ2n) is 2.72. The van der Waals surface area contributed by atoms with Crippen LogP contribution in [0, 0.1) is 6.92 Å². The number of hydrogen-bond donors (Lipinski definition) is 2. The van der Waals surface area contributed by atoms with Crippen LogP contribution in [0.5, 0.6) is 0 Å². The van der Waals surface area contributed by atoms with E-state index in [9.17, 15) is 8.42 Å². The molecule has 0 aliphatic carbocycles. The van der Waals surface area contributed by atoms with E-state index < -0.39 is 10.1 Å². The Morgan fingerprint density at radius 2 is 1.80 bits per heavy atom. The number of anilines is 1. The fourth-order valence-corrected chi connectivity index (χ4v) is 1.83. The third kappa shape index (κ3) is 3.89. The second kappa shape index (κ2) is 5.72. The van der Waals surface area contributed by atoms with Gasteiger partial charge in [-0.05, 0) is 24.6 Å². The first-order valence-corrected chi connectivity index (χ1v) is 6.15. The largest absolute Gasteiger partial charge is 0.387 e. The van der Waals surface area contributed by atoms with Gasteiger partial charge in [0.15, 0.2) is 0 Å². The standard InChI is InChI=1S/C8H11NO3S.C2H6/c1-6-3-4-7(9-2)8(5-6)13(10,11)12;1-2/h3-5,9H,1-2H3,(H,10,11,12);1-2H3. The van der Waals surface area contributed by atoms with Crippen LogP contribution in [0.25, 0.3) is 0 Å². The van der Waals surface area contributed by atoms with Crippen LogP contribution in [0.4, 0.5) is 5.69 Å². The van der Waals surface area contributed by atoms with Crippen molar-refractivity contribution in [1.29, 1.82) is 0 Å². The molecule has 0 radical (unpaired) electrons. The molecule has 0 unspecified atom stereocenters. The molecule has 86 valence electrons. The summed E-state index contributed by atoms with van der Waals surface area (Å²) in [6.45, 7) is 5.76. The first-order valence-electron chi connectivity index (χ1n) is 4.71. The lowest BCUT2D eigenvalue weighted by atomic mass is 10.2. The molecule has 0 fully saturated rings. The molecule has 0 spiro atoms. The Bertz CT molecular complexity index is 413. The number of nitrogens with one attached hydrogen (secondary N) is 1. The molecule has 1 rings (SSSR count). The van der Waals surface area contributed by atoms with Crippen LogP contribution in [-0.4, -0.2) is 20.0 Å². The van der Waals surface area contributed by atoms with Crippen molar-refractivity contribution in [3.63, 3.8) is 0 Å². The Morgan fingerprint density at radius 1 is 1.27 bits per heavy atom. The highest BCUT2D eigenvalue weighted by atomic mass is 32.2. The summed E-state index contributed by atoms with van der Waals surface area (Å²) >= 11 is 0. The van der Waals surface area contributed by atoms with Gasteiger partial charge in [0, 0.05) is 7.05 Å². The van der Waals surface area contributed by atoms with Gasteiger partial charge in [-0.3, -0.25) is 4.55 Å². The molecule has 0 saturated carbocycles. The molecular weight excluding hydrogens is 214 g/mol. The monoisotopic (exact) mass is 231 g/mol. The highest BCUT2D eigenvalue weighted by molar-refractivity contribution is 7.86. The van der Waals surface area contributed by atoms with Crippen LogP contribution < -0.4 is 5.32 Å². The number of rotatable bonds is 2. The van der Waals surface area contributed by atoms with Gasteiger partial charge in [0.05, 0.1) is 5.69 Å². The first-order chi connectivity index (χ1) is 6.95. The van der Waals surface area contributed by atoms with Crippen molar-refractivity contribution >= 4 is 15.8 Å². The van der Waals surface area contributed by atoms with Crippen molar-refractivity contribution in [1.82, 2.24) is 0 Å². The van der Waals surface area contributed by atoms with E-state index in [-0.39, 0.29) is 4.90 Å². The molecule has 15 heavy (non-hydrogen) atoms. The van der Waals surface area contributed by atoms with E-state index >= 15 is 0 Å². The molecule has 0 saturated heterocycles. The molecular formula is C10H17NO3S. The maximum Gasteiger partial charge on any atom is 0.296 e. The van der Waals surface area contributed by atoms with E-state index in [0.717, 1.165) is 5.56 Å². The van der Waals surface area contributed by atoms with E-state index in [1.54, 1.807) is 26.1 Å². The van der Waals surface area contributed by atoms with Crippen molar-refractivity contribution in [2.24, 2.45) is 0 Å². The smallest absolute Gasteiger partial charge is 0.296 e. The highest BCUT2D eigenvalue weighted by Crippen LogP contribution is 2.21. The summed E-state index contributed by atoms with van der Waals surface area (Å²) in [6.07, 6.45) is 0. The molecule has 1 aromatic rings. The van der Waals surface area contributed by atoms with Crippen molar-refractivity contribution in [2.75, 3.05) is 12.4 Å². The van der Waals surface area contributed by atoms with Crippen LogP contribution in [0.1, 0.15) is 19.4 Å². The summed E-state index contributed by atoms with van der Waals surface area (Å²) in [7, 11) is -2.53. The first kappa shape index (κ1) is 13.9. The third-order valence-electron chi connectivity index (χ3n) is 1.68. The Balaban J connectivity index is 0.000000921. The molecule has 4 nitrogen and oxygen atoms in total. The number of benzene rings is 1. The molecule has 0 atom stereocenters. The molecule has 5 heteroatoms. The topological polar surface area (TPSA) is 66.4 Å². The molecule has 0 heterocycles. The Morgan fingerprint density at radius 3 is 2.20 bits per heavy atom. The minimum atomic E-state index is -4.13. The van der Waals surface area contributed by atoms with E-state index in [1.165, 1.54) is 6.07 Å². The number of aryl methyl sites for hydroxylation is 1. The van der Waals surface area contributed by atoms with Gasteiger partial charge in [0.1, 0.15) is 4.90 Å². The summed E-state index contributed by atoms with van der Waals surface area (Å²) < 4.78 is 30.6. The van der Waals surface area contributed by atoms with Crippen LogP contribution in [0.3, 0.4) is 0 Å². The van der Waals surface area contributed by atoms with Crippen molar-refractivity contribution in [2.45, 2.75) is 25.7 Å². The zero-order valence-electron chi connectivity index (χ0n) is 9.40. The average Bonchev–Trinajstić information content (AvgIpc) is 2.19. The average molecular weight is 231 g/mol. The quantitative estimate of drug-likeness (QED) is 0.766. The molecule has 0 bridgehead atoms. The zero-order chi connectivity index (χ0) is 12.1. The minimum absolute atomic E-state index is 0.0880.